The average Bonchev–Trinajstić information content (AvgIpc) is 2.34. The van der Waals surface area contributed by atoms with Gasteiger partial charge in [-0.2, -0.15) is 0 Å². The number of nitrogens with two attached hydrogens (primary N) is 1. The van der Waals surface area contributed by atoms with Gasteiger partial charge in [-0.1, -0.05) is 0 Å². The zero-order chi connectivity index (χ0) is 15.3. The highest BCUT2D eigenvalue weighted by Crippen LogP contribution is 2.14. The lowest BCUT2D eigenvalue weighted by Crippen LogP contribution is -2.34. The van der Waals surface area contributed by atoms with Crippen LogP contribution < -0.4 is 10.5 Å². The molecule has 8 heteroatoms. The summed E-state index contributed by atoms with van der Waals surface area (Å²) >= 11 is 0. The summed E-state index contributed by atoms with van der Waals surface area (Å²) in [5.41, 5.74) is -0.235. The van der Waals surface area contributed by atoms with Crippen LogP contribution in [0.2, 0.25) is 0 Å². The Morgan fingerprint density at radius 1 is 1.50 bits per heavy atom. The molecule has 0 aliphatic rings. The second-order valence-electron chi connectivity index (χ2n) is 4.34. The minimum Gasteiger partial charge on any atom is -0.385 e. The van der Waals surface area contributed by atoms with Crippen LogP contribution in [-0.2, 0) is 14.8 Å². The summed E-state index contributed by atoms with van der Waals surface area (Å²) in [6, 6.07) is 2.71. The first kappa shape index (κ1) is 16.5. The summed E-state index contributed by atoms with van der Waals surface area (Å²) in [5, 5.41) is 7.47. The van der Waals surface area contributed by atoms with Crippen LogP contribution in [0.3, 0.4) is 0 Å². The molecule has 1 atom stereocenters. The fourth-order valence-corrected chi connectivity index (χ4v) is 2.05. The Bertz CT molecular complexity index is 589. The van der Waals surface area contributed by atoms with Crippen LogP contribution in [0.25, 0.3) is 0 Å². The number of carbonyl (C=O) groups excluding carboxylic acids is 1. The summed E-state index contributed by atoms with van der Waals surface area (Å²) in [6.07, 6.45) is 0.582. The summed E-state index contributed by atoms with van der Waals surface area (Å²) in [7, 11) is -2.45. The Balaban J connectivity index is 2.84. The number of hydrogen-bond acceptors (Lipinski definition) is 4. The Labute approximate surface area is 117 Å². The molecule has 1 aromatic rings. The molecule has 0 spiro atoms. The van der Waals surface area contributed by atoms with Gasteiger partial charge in [-0.25, -0.2) is 17.9 Å². The van der Waals surface area contributed by atoms with Crippen LogP contribution in [0.1, 0.15) is 23.7 Å². The molecule has 6 nitrogen and oxygen atoms in total. The molecule has 0 fully saturated rings. The molecule has 0 aromatic heterocycles. The van der Waals surface area contributed by atoms with Gasteiger partial charge in [0.1, 0.15) is 5.82 Å². The molecule has 0 aliphatic carbocycles. The minimum atomic E-state index is -3.99. The third kappa shape index (κ3) is 4.55. The lowest BCUT2D eigenvalue weighted by Gasteiger charge is -2.13. The van der Waals surface area contributed by atoms with Crippen LogP contribution in [0.4, 0.5) is 4.39 Å². The first-order valence-corrected chi connectivity index (χ1v) is 7.42. The Kier molecular flexibility index (Phi) is 5.61. The second kappa shape index (κ2) is 6.78. The number of benzene rings is 1. The Morgan fingerprint density at radius 2 is 2.15 bits per heavy atom. The number of primary sulfonamides is 1. The predicted octanol–water partition coefficient (Wildman–Crippen LogP) is 0.628. The topological polar surface area (TPSA) is 98.5 Å². The zero-order valence-corrected chi connectivity index (χ0v) is 12.0. The number of halogens is 1. The fraction of sp³-hybridized carbons (Fsp3) is 0.417. The molecule has 20 heavy (non-hydrogen) atoms. The highest BCUT2D eigenvalue weighted by atomic mass is 32.2. The van der Waals surface area contributed by atoms with E-state index in [0.29, 0.717) is 13.0 Å². The number of amides is 1. The number of rotatable bonds is 6. The Morgan fingerprint density at radius 3 is 2.65 bits per heavy atom. The van der Waals surface area contributed by atoms with Crippen LogP contribution in [-0.4, -0.2) is 34.1 Å². The van der Waals surface area contributed by atoms with E-state index in [9.17, 15) is 17.6 Å². The van der Waals surface area contributed by atoms with Crippen molar-refractivity contribution in [2.45, 2.75) is 24.3 Å². The SMILES string of the molecule is COCCC(C)NC(=O)c1ccc(S(N)(=O)=O)cc1F. The summed E-state index contributed by atoms with van der Waals surface area (Å²) < 4.78 is 40.7. The van der Waals surface area contributed by atoms with Gasteiger partial charge in [0, 0.05) is 19.8 Å². The van der Waals surface area contributed by atoms with Crippen molar-refractivity contribution in [2.24, 2.45) is 5.14 Å². The van der Waals surface area contributed by atoms with E-state index < -0.39 is 21.7 Å². The summed E-state index contributed by atoms with van der Waals surface area (Å²) in [4.78, 5) is 11.5. The van der Waals surface area contributed by atoms with Gasteiger partial charge in [0.2, 0.25) is 10.0 Å². The molecule has 3 N–H and O–H groups in total. The highest BCUT2D eigenvalue weighted by molar-refractivity contribution is 7.89. The van der Waals surface area contributed by atoms with Crippen molar-refractivity contribution in [1.29, 1.82) is 0 Å². The molecule has 1 rings (SSSR count). The molecule has 0 saturated heterocycles. The van der Waals surface area contributed by atoms with E-state index in [-0.39, 0.29) is 16.5 Å². The van der Waals surface area contributed by atoms with Gasteiger partial charge >= 0.3 is 0 Å². The van der Waals surface area contributed by atoms with E-state index in [1.54, 1.807) is 14.0 Å². The monoisotopic (exact) mass is 304 g/mol. The molecule has 0 aliphatic heterocycles. The molecule has 0 radical (unpaired) electrons. The van der Waals surface area contributed by atoms with E-state index in [1.165, 1.54) is 0 Å². The van der Waals surface area contributed by atoms with Crippen molar-refractivity contribution >= 4 is 15.9 Å². The minimum absolute atomic E-state index is 0.195. The maximum atomic E-state index is 13.7. The molecular weight excluding hydrogens is 287 g/mol. The molecule has 0 saturated carbocycles. The largest absolute Gasteiger partial charge is 0.385 e. The van der Waals surface area contributed by atoms with Crippen molar-refractivity contribution in [3.8, 4) is 0 Å². The van der Waals surface area contributed by atoms with E-state index >= 15 is 0 Å². The molecule has 1 unspecified atom stereocenters. The van der Waals surface area contributed by atoms with E-state index in [4.69, 9.17) is 9.88 Å². The van der Waals surface area contributed by atoms with E-state index in [1.807, 2.05) is 0 Å². The normalized spacial score (nSPS) is 13.0. The summed E-state index contributed by atoms with van der Waals surface area (Å²) in [6.45, 7) is 2.22. The van der Waals surface area contributed by atoms with Gasteiger partial charge in [-0.15, -0.1) is 0 Å². The maximum absolute atomic E-state index is 13.7. The van der Waals surface area contributed by atoms with Crippen molar-refractivity contribution < 1.29 is 22.3 Å². The molecule has 1 amide bonds. The number of methoxy groups -OCH3 is 1. The quantitative estimate of drug-likeness (QED) is 0.805. The number of nitrogens with one attached hydrogen (secondary N) is 1. The van der Waals surface area contributed by atoms with Crippen LogP contribution in [0, 0.1) is 5.82 Å². The molecule has 112 valence electrons. The molecule has 0 bridgehead atoms. The van der Waals surface area contributed by atoms with Crippen LogP contribution in [0.5, 0.6) is 0 Å². The number of sulfonamides is 1. The van der Waals surface area contributed by atoms with Gasteiger partial charge in [0.15, 0.2) is 0 Å². The van der Waals surface area contributed by atoms with Crippen LogP contribution in [0.15, 0.2) is 23.1 Å². The number of hydrogen-bond donors (Lipinski definition) is 2. The van der Waals surface area contributed by atoms with E-state index in [2.05, 4.69) is 5.32 Å². The first-order chi connectivity index (χ1) is 9.25. The maximum Gasteiger partial charge on any atom is 0.254 e. The van der Waals surface area contributed by atoms with Gasteiger partial charge in [-0.05, 0) is 31.5 Å². The molecule has 1 aromatic carbocycles. The van der Waals surface area contributed by atoms with Crippen molar-refractivity contribution in [1.82, 2.24) is 5.32 Å². The molecular formula is C12H17FN2O4S. The third-order valence-electron chi connectivity index (χ3n) is 2.65. The van der Waals surface area contributed by atoms with Crippen molar-refractivity contribution in [2.75, 3.05) is 13.7 Å². The van der Waals surface area contributed by atoms with Crippen molar-refractivity contribution in [3.05, 3.63) is 29.6 Å². The lowest BCUT2D eigenvalue weighted by molar-refractivity contribution is 0.0925. The predicted molar refractivity (Wildman–Crippen MR) is 71.2 cm³/mol. The second-order valence-corrected chi connectivity index (χ2v) is 5.90. The van der Waals surface area contributed by atoms with Crippen molar-refractivity contribution in [3.63, 3.8) is 0 Å². The van der Waals surface area contributed by atoms with Gasteiger partial charge in [0.05, 0.1) is 10.5 Å². The highest BCUT2D eigenvalue weighted by Gasteiger charge is 2.17. The number of carbonyl (C=O) groups is 1. The van der Waals surface area contributed by atoms with Gasteiger partial charge < -0.3 is 10.1 Å². The van der Waals surface area contributed by atoms with Gasteiger partial charge in [0.25, 0.3) is 5.91 Å². The lowest BCUT2D eigenvalue weighted by atomic mass is 10.1. The van der Waals surface area contributed by atoms with Gasteiger partial charge in [-0.3, -0.25) is 4.79 Å². The first-order valence-electron chi connectivity index (χ1n) is 5.88. The van der Waals surface area contributed by atoms with Crippen LogP contribution >= 0.6 is 0 Å². The standard InChI is InChI=1S/C12H17FN2O4S/c1-8(5-6-19-2)15-12(16)10-4-3-9(7-11(10)13)20(14,17)18/h3-4,7-8H,5-6H2,1-2H3,(H,15,16)(H2,14,17,18). The Hall–Kier alpha value is -1.51. The third-order valence-corrected chi connectivity index (χ3v) is 3.56. The average molecular weight is 304 g/mol. The summed E-state index contributed by atoms with van der Waals surface area (Å²) in [5.74, 6) is -1.56. The molecule has 0 heterocycles. The smallest absolute Gasteiger partial charge is 0.254 e. The zero-order valence-electron chi connectivity index (χ0n) is 11.2. The van der Waals surface area contributed by atoms with E-state index in [0.717, 1.165) is 18.2 Å². The fourth-order valence-electron chi connectivity index (χ4n) is 1.53. The number of ether oxygens (including phenoxy) is 1.